The molecule has 2 aromatic heterocycles. The Bertz CT molecular complexity index is 1020. The predicted octanol–water partition coefficient (Wildman–Crippen LogP) is 3.00. The van der Waals surface area contributed by atoms with Crippen LogP contribution in [0.2, 0.25) is 0 Å². The summed E-state index contributed by atoms with van der Waals surface area (Å²) in [5.74, 6) is 0.754. The van der Waals surface area contributed by atoms with Crippen LogP contribution in [0.5, 0.6) is 5.75 Å². The van der Waals surface area contributed by atoms with Crippen LogP contribution in [-0.4, -0.2) is 43.8 Å². The van der Waals surface area contributed by atoms with Crippen molar-refractivity contribution in [3.63, 3.8) is 0 Å². The minimum Gasteiger partial charge on any atom is -0.508 e. The summed E-state index contributed by atoms with van der Waals surface area (Å²) in [6.07, 6.45) is 1.84. The van der Waals surface area contributed by atoms with Gasteiger partial charge in [-0.05, 0) is 56.4 Å². The molecule has 1 aromatic carbocycles. The van der Waals surface area contributed by atoms with Gasteiger partial charge in [0.05, 0.1) is 16.6 Å². The Morgan fingerprint density at radius 1 is 1.30 bits per heavy atom. The fraction of sp³-hybridized carbons (Fsp3) is 0.381. The molecule has 1 atom stereocenters. The highest BCUT2D eigenvalue weighted by atomic mass is 16.3. The lowest BCUT2D eigenvalue weighted by molar-refractivity contribution is 0.0789. The van der Waals surface area contributed by atoms with Gasteiger partial charge in [-0.15, -0.1) is 0 Å². The van der Waals surface area contributed by atoms with Crippen molar-refractivity contribution < 1.29 is 9.90 Å². The van der Waals surface area contributed by atoms with Gasteiger partial charge in [-0.2, -0.15) is 5.10 Å². The molecule has 0 spiro atoms. The molecule has 140 valence electrons. The molecule has 1 amide bonds. The van der Waals surface area contributed by atoms with Crippen molar-refractivity contribution in [3.8, 4) is 5.75 Å². The first-order chi connectivity index (χ1) is 12.9. The van der Waals surface area contributed by atoms with Crippen LogP contribution >= 0.6 is 0 Å². The number of likely N-dealkylation sites (tertiary alicyclic amines) is 1. The third-order valence-electron chi connectivity index (χ3n) is 5.34. The Hall–Kier alpha value is -2.89. The van der Waals surface area contributed by atoms with Gasteiger partial charge < -0.3 is 10.0 Å². The Morgan fingerprint density at radius 2 is 2.11 bits per heavy atom. The summed E-state index contributed by atoms with van der Waals surface area (Å²) in [7, 11) is 1.86. The van der Waals surface area contributed by atoms with Crippen molar-refractivity contribution >= 4 is 16.9 Å². The van der Waals surface area contributed by atoms with Crippen LogP contribution in [0.25, 0.3) is 11.0 Å². The molecule has 27 heavy (non-hydrogen) atoms. The van der Waals surface area contributed by atoms with Crippen LogP contribution in [0, 0.1) is 19.8 Å². The molecule has 1 N–H and O–H groups in total. The van der Waals surface area contributed by atoms with Crippen molar-refractivity contribution in [1.82, 2.24) is 19.7 Å². The first kappa shape index (κ1) is 17.5. The highest BCUT2D eigenvalue weighted by Gasteiger charge is 2.29. The van der Waals surface area contributed by atoms with E-state index in [0.29, 0.717) is 17.2 Å². The SMILES string of the molecule is Cc1cc(C(=O)N2CCC(Cc3cccc(O)c3)C2)c2c(C)nn(C)c2n1. The van der Waals surface area contributed by atoms with Crippen molar-refractivity contribution in [1.29, 1.82) is 0 Å². The number of nitrogens with zero attached hydrogens (tertiary/aromatic N) is 4. The number of pyridine rings is 1. The molecule has 1 unspecified atom stereocenters. The number of phenols is 1. The minimum absolute atomic E-state index is 0.0556. The molecule has 0 aliphatic carbocycles. The number of aromatic nitrogens is 3. The molecule has 6 heteroatoms. The van der Waals surface area contributed by atoms with Gasteiger partial charge in [0.25, 0.3) is 5.91 Å². The van der Waals surface area contributed by atoms with Crippen LogP contribution < -0.4 is 0 Å². The number of hydrogen-bond acceptors (Lipinski definition) is 4. The van der Waals surface area contributed by atoms with Gasteiger partial charge in [0.15, 0.2) is 5.65 Å². The molecular formula is C21H24N4O2. The Morgan fingerprint density at radius 3 is 2.89 bits per heavy atom. The van der Waals surface area contributed by atoms with Crippen molar-refractivity contribution in [2.24, 2.45) is 13.0 Å². The van der Waals surface area contributed by atoms with Gasteiger partial charge in [-0.3, -0.25) is 9.48 Å². The fourth-order valence-electron chi connectivity index (χ4n) is 4.11. The Kier molecular flexibility index (Phi) is 4.34. The third kappa shape index (κ3) is 3.27. The van der Waals surface area contributed by atoms with E-state index in [0.717, 1.165) is 53.9 Å². The molecule has 3 heterocycles. The highest BCUT2D eigenvalue weighted by molar-refractivity contribution is 6.06. The molecule has 0 saturated carbocycles. The molecule has 4 rings (SSSR count). The number of fused-ring (bicyclic) bond motifs is 1. The molecule has 1 saturated heterocycles. The van der Waals surface area contributed by atoms with E-state index in [4.69, 9.17) is 0 Å². The molecule has 3 aromatic rings. The summed E-state index contributed by atoms with van der Waals surface area (Å²) in [5.41, 5.74) is 4.22. The number of carbonyl (C=O) groups is 1. The number of aromatic hydroxyl groups is 1. The second kappa shape index (κ2) is 6.68. The molecule has 1 aliphatic heterocycles. The second-order valence-electron chi connectivity index (χ2n) is 7.50. The van der Waals surface area contributed by atoms with Crippen LogP contribution in [0.15, 0.2) is 30.3 Å². The first-order valence-electron chi connectivity index (χ1n) is 9.30. The van der Waals surface area contributed by atoms with Gasteiger partial charge in [-0.25, -0.2) is 4.98 Å². The minimum atomic E-state index is 0.0556. The van der Waals surface area contributed by atoms with E-state index in [1.807, 2.05) is 44.0 Å². The average Bonchev–Trinajstić information content (AvgIpc) is 3.19. The normalized spacial score (nSPS) is 17.0. The zero-order chi connectivity index (χ0) is 19.1. The van der Waals surface area contributed by atoms with E-state index >= 15 is 0 Å². The van der Waals surface area contributed by atoms with E-state index in [1.54, 1.807) is 16.8 Å². The van der Waals surface area contributed by atoms with E-state index in [2.05, 4.69) is 10.1 Å². The topological polar surface area (TPSA) is 71.2 Å². The van der Waals surface area contributed by atoms with Crippen molar-refractivity contribution in [3.05, 3.63) is 52.8 Å². The van der Waals surface area contributed by atoms with Gasteiger partial charge in [0, 0.05) is 25.8 Å². The highest BCUT2D eigenvalue weighted by Crippen LogP contribution is 2.27. The standard InChI is InChI=1S/C21H24N4O2/c1-13-9-18(19-14(2)23-24(3)20(19)22-13)21(27)25-8-7-16(12-25)10-15-5-4-6-17(26)11-15/h4-6,9,11,16,26H,7-8,10,12H2,1-3H3. The predicted molar refractivity (Wildman–Crippen MR) is 104 cm³/mol. The van der Waals surface area contributed by atoms with Crippen LogP contribution in [0.3, 0.4) is 0 Å². The molecule has 0 bridgehead atoms. The number of aryl methyl sites for hydroxylation is 3. The lowest BCUT2D eigenvalue weighted by atomic mass is 9.98. The van der Waals surface area contributed by atoms with Gasteiger partial charge in [0.1, 0.15) is 5.75 Å². The maximum absolute atomic E-state index is 13.2. The van der Waals surface area contributed by atoms with E-state index in [-0.39, 0.29) is 5.91 Å². The molecule has 1 fully saturated rings. The quantitative estimate of drug-likeness (QED) is 0.776. The lowest BCUT2D eigenvalue weighted by Gasteiger charge is -2.18. The van der Waals surface area contributed by atoms with Crippen molar-refractivity contribution in [2.75, 3.05) is 13.1 Å². The van der Waals surface area contributed by atoms with Gasteiger partial charge in [0.2, 0.25) is 0 Å². The third-order valence-corrected chi connectivity index (χ3v) is 5.34. The van der Waals surface area contributed by atoms with Gasteiger partial charge in [-0.1, -0.05) is 12.1 Å². The number of hydrogen-bond donors (Lipinski definition) is 1. The maximum atomic E-state index is 13.2. The molecule has 1 aliphatic rings. The summed E-state index contributed by atoms with van der Waals surface area (Å²) >= 11 is 0. The smallest absolute Gasteiger partial charge is 0.254 e. The molecule has 0 radical (unpaired) electrons. The second-order valence-corrected chi connectivity index (χ2v) is 7.50. The summed E-state index contributed by atoms with van der Waals surface area (Å²) in [6.45, 7) is 5.32. The van der Waals surface area contributed by atoms with E-state index in [9.17, 15) is 9.90 Å². The Balaban J connectivity index is 1.57. The zero-order valence-electron chi connectivity index (χ0n) is 15.9. The molecular weight excluding hydrogens is 340 g/mol. The fourth-order valence-corrected chi connectivity index (χ4v) is 4.11. The number of carbonyl (C=O) groups excluding carboxylic acids is 1. The summed E-state index contributed by atoms with van der Waals surface area (Å²) in [6, 6.07) is 9.26. The van der Waals surface area contributed by atoms with Crippen LogP contribution in [0.1, 0.15) is 33.7 Å². The average molecular weight is 364 g/mol. The van der Waals surface area contributed by atoms with Crippen molar-refractivity contribution in [2.45, 2.75) is 26.7 Å². The number of benzene rings is 1. The summed E-state index contributed by atoms with van der Waals surface area (Å²) in [5, 5.41) is 14.9. The summed E-state index contributed by atoms with van der Waals surface area (Å²) in [4.78, 5) is 19.7. The first-order valence-corrected chi connectivity index (χ1v) is 9.30. The van der Waals surface area contributed by atoms with E-state index in [1.165, 1.54) is 0 Å². The monoisotopic (exact) mass is 364 g/mol. The summed E-state index contributed by atoms with van der Waals surface area (Å²) < 4.78 is 1.74. The van der Waals surface area contributed by atoms with Crippen LogP contribution in [-0.2, 0) is 13.5 Å². The molecule has 6 nitrogen and oxygen atoms in total. The van der Waals surface area contributed by atoms with Crippen LogP contribution in [0.4, 0.5) is 0 Å². The number of phenolic OH excluding ortho intramolecular Hbond substituents is 1. The lowest BCUT2D eigenvalue weighted by Crippen LogP contribution is -2.29. The zero-order valence-corrected chi connectivity index (χ0v) is 15.9. The largest absolute Gasteiger partial charge is 0.508 e. The number of rotatable bonds is 3. The van der Waals surface area contributed by atoms with E-state index < -0.39 is 0 Å². The number of amides is 1. The van der Waals surface area contributed by atoms with Gasteiger partial charge >= 0.3 is 0 Å². The maximum Gasteiger partial charge on any atom is 0.254 e. The Labute approximate surface area is 158 Å².